The number of carbonyl (C=O) groups is 1. The monoisotopic (exact) mass is 267 g/mol. The van der Waals surface area contributed by atoms with Gasteiger partial charge in [0.05, 0.1) is 10.6 Å². The Morgan fingerprint density at radius 2 is 2.00 bits per heavy atom. The van der Waals surface area contributed by atoms with Gasteiger partial charge in [0, 0.05) is 19.5 Å². The molecule has 1 saturated heterocycles. The Kier molecular flexibility index (Phi) is 3.43. The van der Waals surface area contributed by atoms with Crippen LogP contribution in [0.4, 0.5) is 0 Å². The lowest BCUT2D eigenvalue weighted by molar-refractivity contribution is -0.127. The molecule has 1 amide bonds. The van der Waals surface area contributed by atoms with E-state index >= 15 is 0 Å². The summed E-state index contributed by atoms with van der Waals surface area (Å²) >= 11 is 0. The van der Waals surface area contributed by atoms with Crippen LogP contribution < -0.4 is 0 Å². The third-order valence-electron chi connectivity index (χ3n) is 3.47. The predicted molar refractivity (Wildman–Crippen MR) is 69.0 cm³/mol. The zero-order valence-corrected chi connectivity index (χ0v) is 11.4. The number of nitrogens with zero attached hydrogens (tertiary/aromatic N) is 1. The number of rotatable bonds is 3. The largest absolute Gasteiger partial charge is 0.342 e. The van der Waals surface area contributed by atoms with Gasteiger partial charge in [0.15, 0.2) is 9.84 Å². The third-order valence-corrected chi connectivity index (χ3v) is 5.42. The minimum Gasteiger partial charge on any atom is -0.342 e. The smallest absolute Gasteiger partial charge is 0.222 e. The SMILES string of the molecule is Cc1ccccc1S(=O)(=O)C[C@@H]1CCC(=O)N1C. The maximum absolute atomic E-state index is 12.3. The van der Waals surface area contributed by atoms with Gasteiger partial charge in [-0.15, -0.1) is 0 Å². The molecule has 2 rings (SSSR count). The first kappa shape index (κ1) is 13.1. The third kappa shape index (κ3) is 2.41. The van der Waals surface area contributed by atoms with Crippen molar-refractivity contribution in [3.8, 4) is 0 Å². The molecular formula is C13H17NO3S. The molecule has 0 N–H and O–H groups in total. The molecule has 4 nitrogen and oxygen atoms in total. The topological polar surface area (TPSA) is 54.5 Å². The lowest BCUT2D eigenvalue weighted by Crippen LogP contribution is -2.34. The Morgan fingerprint density at radius 3 is 2.56 bits per heavy atom. The van der Waals surface area contributed by atoms with Crippen LogP contribution in [0.15, 0.2) is 29.2 Å². The number of amides is 1. The normalized spacial score (nSPS) is 20.4. The maximum atomic E-state index is 12.3. The van der Waals surface area contributed by atoms with Gasteiger partial charge in [0.1, 0.15) is 0 Å². The van der Waals surface area contributed by atoms with Crippen LogP contribution in [0.5, 0.6) is 0 Å². The number of likely N-dealkylation sites (tertiary alicyclic amines) is 1. The number of hydrogen-bond donors (Lipinski definition) is 0. The highest BCUT2D eigenvalue weighted by Crippen LogP contribution is 2.23. The summed E-state index contributed by atoms with van der Waals surface area (Å²) in [5, 5.41) is 0. The van der Waals surface area contributed by atoms with Crippen molar-refractivity contribution in [1.82, 2.24) is 4.90 Å². The Balaban J connectivity index is 2.24. The summed E-state index contributed by atoms with van der Waals surface area (Å²) in [7, 11) is -1.65. The van der Waals surface area contributed by atoms with Crippen LogP contribution in [0.1, 0.15) is 18.4 Å². The van der Waals surface area contributed by atoms with Crippen molar-refractivity contribution in [3.05, 3.63) is 29.8 Å². The standard InChI is InChI=1S/C13H17NO3S/c1-10-5-3-4-6-12(10)18(16,17)9-11-7-8-13(15)14(11)2/h3-6,11H,7-9H2,1-2H3/t11-/m0/s1. The molecule has 0 bridgehead atoms. The molecule has 1 aromatic carbocycles. The molecular weight excluding hydrogens is 250 g/mol. The van der Waals surface area contributed by atoms with E-state index in [1.165, 1.54) is 0 Å². The highest BCUT2D eigenvalue weighted by Gasteiger charge is 2.32. The molecule has 1 aliphatic heterocycles. The second-order valence-corrected chi connectivity index (χ2v) is 6.75. The molecule has 0 aromatic heterocycles. The summed E-state index contributed by atoms with van der Waals surface area (Å²) in [5.41, 5.74) is 0.754. The molecule has 1 aromatic rings. The van der Waals surface area contributed by atoms with Crippen molar-refractivity contribution in [2.24, 2.45) is 0 Å². The van der Waals surface area contributed by atoms with Crippen molar-refractivity contribution < 1.29 is 13.2 Å². The van der Waals surface area contributed by atoms with Gasteiger partial charge in [-0.1, -0.05) is 18.2 Å². The second kappa shape index (κ2) is 4.72. The fourth-order valence-corrected chi connectivity index (χ4v) is 4.23. The molecule has 18 heavy (non-hydrogen) atoms. The van der Waals surface area contributed by atoms with Crippen LogP contribution in [-0.4, -0.2) is 38.1 Å². The fourth-order valence-electron chi connectivity index (χ4n) is 2.31. The van der Waals surface area contributed by atoms with Crippen LogP contribution in [0.2, 0.25) is 0 Å². The fraction of sp³-hybridized carbons (Fsp3) is 0.462. The van der Waals surface area contributed by atoms with Gasteiger partial charge in [-0.3, -0.25) is 4.79 Å². The number of carbonyl (C=O) groups excluding carboxylic acids is 1. The first-order valence-corrected chi connectivity index (χ1v) is 7.61. The lowest BCUT2D eigenvalue weighted by atomic mass is 10.2. The first-order chi connectivity index (χ1) is 8.42. The molecule has 0 radical (unpaired) electrons. The summed E-state index contributed by atoms with van der Waals surface area (Å²) < 4.78 is 24.6. The first-order valence-electron chi connectivity index (χ1n) is 5.96. The van der Waals surface area contributed by atoms with E-state index in [1.54, 1.807) is 37.1 Å². The molecule has 1 aliphatic rings. The van der Waals surface area contributed by atoms with Gasteiger partial charge in [0.25, 0.3) is 0 Å². The molecule has 0 saturated carbocycles. The summed E-state index contributed by atoms with van der Waals surface area (Å²) in [6, 6.07) is 6.77. The molecule has 5 heteroatoms. The van der Waals surface area contributed by atoms with E-state index in [0.717, 1.165) is 5.56 Å². The van der Waals surface area contributed by atoms with Gasteiger partial charge in [-0.25, -0.2) is 8.42 Å². The van der Waals surface area contributed by atoms with Crippen LogP contribution in [0.3, 0.4) is 0 Å². The average Bonchev–Trinajstić information content (AvgIpc) is 2.61. The van der Waals surface area contributed by atoms with Gasteiger partial charge in [-0.05, 0) is 25.0 Å². The van der Waals surface area contributed by atoms with Crippen molar-refractivity contribution in [3.63, 3.8) is 0 Å². The van der Waals surface area contributed by atoms with Gasteiger partial charge >= 0.3 is 0 Å². The molecule has 1 heterocycles. The Hall–Kier alpha value is -1.36. The summed E-state index contributed by atoms with van der Waals surface area (Å²) in [5.74, 6) is 0.0417. The lowest BCUT2D eigenvalue weighted by Gasteiger charge is -2.20. The highest BCUT2D eigenvalue weighted by atomic mass is 32.2. The summed E-state index contributed by atoms with van der Waals surface area (Å²) in [6.45, 7) is 1.79. The van der Waals surface area contributed by atoms with Crippen LogP contribution in [-0.2, 0) is 14.6 Å². The molecule has 98 valence electrons. The van der Waals surface area contributed by atoms with E-state index < -0.39 is 9.84 Å². The van der Waals surface area contributed by atoms with Crippen LogP contribution in [0, 0.1) is 6.92 Å². The zero-order chi connectivity index (χ0) is 13.3. The van der Waals surface area contributed by atoms with Gasteiger partial charge < -0.3 is 4.90 Å². The molecule has 0 spiro atoms. The Bertz CT molecular complexity index is 565. The van der Waals surface area contributed by atoms with E-state index in [0.29, 0.717) is 17.7 Å². The molecule has 1 atom stereocenters. The van der Waals surface area contributed by atoms with Gasteiger partial charge in [0.2, 0.25) is 5.91 Å². The summed E-state index contributed by atoms with van der Waals surface area (Å²) in [6.07, 6.45) is 1.07. The quantitative estimate of drug-likeness (QED) is 0.831. The average molecular weight is 267 g/mol. The number of hydrogen-bond acceptors (Lipinski definition) is 3. The van der Waals surface area contributed by atoms with Crippen molar-refractivity contribution in [1.29, 1.82) is 0 Å². The minimum absolute atomic E-state index is 0.0140. The molecule has 0 unspecified atom stereocenters. The van der Waals surface area contributed by atoms with Gasteiger partial charge in [-0.2, -0.15) is 0 Å². The molecule has 1 fully saturated rings. The van der Waals surface area contributed by atoms with E-state index in [9.17, 15) is 13.2 Å². The number of sulfone groups is 1. The van der Waals surface area contributed by atoms with E-state index in [1.807, 2.05) is 6.07 Å². The van der Waals surface area contributed by atoms with Crippen molar-refractivity contribution in [2.75, 3.05) is 12.8 Å². The Morgan fingerprint density at radius 1 is 1.33 bits per heavy atom. The second-order valence-electron chi connectivity index (χ2n) is 4.74. The Labute approximate surface area is 108 Å². The highest BCUT2D eigenvalue weighted by molar-refractivity contribution is 7.91. The minimum atomic E-state index is -3.32. The van der Waals surface area contributed by atoms with Crippen LogP contribution >= 0.6 is 0 Å². The van der Waals surface area contributed by atoms with E-state index in [4.69, 9.17) is 0 Å². The maximum Gasteiger partial charge on any atom is 0.222 e. The number of aryl methyl sites for hydroxylation is 1. The van der Waals surface area contributed by atoms with Crippen molar-refractivity contribution >= 4 is 15.7 Å². The van der Waals surface area contributed by atoms with E-state index in [-0.39, 0.29) is 17.7 Å². The van der Waals surface area contributed by atoms with E-state index in [2.05, 4.69) is 0 Å². The summed E-state index contributed by atoms with van der Waals surface area (Å²) in [4.78, 5) is 13.3. The van der Waals surface area contributed by atoms with Crippen molar-refractivity contribution in [2.45, 2.75) is 30.7 Å². The predicted octanol–water partition coefficient (Wildman–Crippen LogP) is 1.39. The zero-order valence-electron chi connectivity index (χ0n) is 10.6. The van der Waals surface area contributed by atoms with Crippen LogP contribution in [0.25, 0.3) is 0 Å². The molecule has 0 aliphatic carbocycles. The number of benzene rings is 1.